The van der Waals surface area contributed by atoms with Gasteiger partial charge in [0.2, 0.25) is 0 Å². The second-order valence-corrected chi connectivity index (χ2v) is 3.02. The molecule has 0 aliphatic rings. The zero-order valence-corrected chi connectivity index (χ0v) is 9.12. The Kier molecular flexibility index (Phi) is 7.24. The molecule has 0 spiro atoms. The van der Waals surface area contributed by atoms with E-state index in [0.29, 0.717) is 6.54 Å². The molecule has 0 heterocycles. The van der Waals surface area contributed by atoms with Gasteiger partial charge in [-0.05, 0) is 6.42 Å². The van der Waals surface area contributed by atoms with E-state index in [0.717, 1.165) is 6.42 Å². The summed E-state index contributed by atoms with van der Waals surface area (Å²) in [7, 11) is 0. The van der Waals surface area contributed by atoms with Crippen LogP contribution in [0.25, 0.3) is 0 Å². The van der Waals surface area contributed by atoms with Gasteiger partial charge in [0, 0.05) is 19.3 Å². The summed E-state index contributed by atoms with van der Waals surface area (Å²) in [4.78, 5) is 21.5. The molecule has 6 nitrogen and oxygen atoms in total. The van der Waals surface area contributed by atoms with Crippen molar-refractivity contribution in [1.82, 2.24) is 10.6 Å². The van der Waals surface area contributed by atoms with Gasteiger partial charge < -0.3 is 15.7 Å². The lowest BCUT2D eigenvalue weighted by Gasteiger charge is -2.02. The zero-order chi connectivity index (χ0) is 12.4. The number of nitrogens with one attached hydrogen (secondary N) is 2. The van der Waals surface area contributed by atoms with Crippen molar-refractivity contribution < 1.29 is 14.7 Å². The quantitative estimate of drug-likeness (QED) is 0.321. The normalized spacial score (nSPS) is 10.4. The molecule has 0 fully saturated rings. The smallest absolute Gasteiger partial charge is 0.305 e. The molecule has 0 aromatic heterocycles. The summed E-state index contributed by atoms with van der Waals surface area (Å²) in [5, 5.41) is 22.2. The molecule has 0 saturated heterocycles. The number of carboxylic acid groups (broad SMARTS) is 1. The van der Waals surface area contributed by atoms with Crippen LogP contribution in [0.3, 0.4) is 0 Å². The highest BCUT2D eigenvalue weighted by molar-refractivity contribution is 5.97. The zero-order valence-electron chi connectivity index (χ0n) is 9.12. The van der Waals surface area contributed by atoms with Crippen LogP contribution in [0.2, 0.25) is 0 Å². The van der Waals surface area contributed by atoms with Gasteiger partial charge in [-0.2, -0.15) is 5.26 Å². The van der Waals surface area contributed by atoms with Crippen LogP contribution >= 0.6 is 0 Å². The SMILES string of the molecule is CCCN/C=C(/C#N)C(=O)NCCC(=O)O. The topological polar surface area (TPSA) is 102 Å². The monoisotopic (exact) mass is 225 g/mol. The number of rotatable bonds is 7. The molecule has 0 aliphatic carbocycles. The second kappa shape index (κ2) is 8.29. The Morgan fingerprint density at radius 1 is 1.44 bits per heavy atom. The molecule has 0 radical (unpaired) electrons. The Hall–Kier alpha value is -2.03. The highest BCUT2D eigenvalue weighted by Gasteiger charge is 2.08. The van der Waals surface area contributed by atoms with Crippen molar-refractivity contribution in [2.45, 2.75) is 19.8 Å². The number of nitriles is 1. The first-order valence-electron chi connectivity index (χ1n) is 4.95. The number of carbonyl (C=O) groups is 2. The average molecular weight is 225 g/mol. The summed E-state index contributed by atoms with van der Waals surface area (Å²) < 4.78 is 0. The van der Waals surface area contributed by atoms with E-state index < -0.39 is 11.9 Å². The number of carboxylic acids is 1. The first-order chi connectivity index (χ1) is 7.61. The molecule has 88 valence electrons. The molecule has 0 aromatic rings. The summed E-state index contributed by atoms with van der Waals surface area (Å²) in [5.41, 5.74) is -0.0566. The number of amides is 1. The first kappa shape index (κ1) is 14.0. The molecule has 0 unspecified atom stereocenters. The Balaban J connectivity index is 4.07. The van der Waals surface area contributed by atoms with Gasteiger partial charge in [-0.1, -0.05) is 6.92 Å². The number of hydrogen-bond donors (Lipinski definition) is 3. The molecule has 0 aliphatic heterocycles. The van der Waals surface area contributed by atoms with Gasteiger partial charge in [0.15, 0.2) is 0 Å². The standard InChI is InChI=1S/C10H15N3O3/c1-2-4-12-7-8(6-11)10(16)13-5-3-9(14)15/h7,12H,2-5H2,1H3,(H,13,16)(H,14,15)/b8-7-. The number of aliphatic carboxylic acids is 1. The summed E-state index contributed by atoms with van der Waals surface area (Å²) in [6.45, 7) is 2.65. The van der Waals surface area contributed by atoms with Crippen LogP contribution in [0.15, 0.2) is 11.8 Å². The van der Waals surface area contributed by atoms with E-state index in [4.69, 9.17) is 10.4 Å². The van der Waals surface area contributed by atoms with E-state index in [1.54, 1.807) is 6.07 Å². The summed E-state index contributed by atoms with van der Waals surface area (Å²) in [5.74, 6) is -1.56. The van der Waals surface area contributed by atoms with Gasteiger partial charge in [0.25, 0.3) is 5.91 Å². The Morgan fingerprint density at radius 2 is 2.12 bits per heavy atom. The van der Waals surface area contributed by atoms with Crippen LogP contribution in [0.4, 0.5) is 0 Å². The van der Waals surface area contributed by atoms with Crippen LogP contribution in [0.1, 0.15) is 19.8 Å². The van der Waals surface area contributed by atoms with Crippen LogP contribution in [-0.4, -0.2) is 30.1 Å². The maximum Gasteiger partial charge on any atom is 0.305 e. The van der Waals surface area contributed by atoms with E-state index in [2.05, 4.69) is 10.6 Å². The minimum Gasteiger partial charge on any atom is -0.481 e. The lowest BCUT2D eigenvalue weighted by atomic mass is 10.3. The predicted molar refractivity (Wildman–Crippen MR) is 57.3 cm³/mol. The van der Waals surface area contributed by atoms with Crippen molar-refractivity contribution in [3.05, 3.63) is 11.8 Å². The van der Waals surface area contributed by atoms with Crippen LogP contribution in [0.5, 0.6) is 0 Å². The summed E-state index contributed by atoms with van der Waals surface area (Å²) in [6, 6.07) is 1.74. The highest BCUT2D eigenvalue weighted by atomic mass is 16.4. The molecule has 6 heteroatoms. The molecule has 16 heavy (non-hydrogen) atoms. The lowest BCUT2D eigenvalue weighted by Crippen LogP contribution is -2.28. The molecule has 0 aromatic carbocycles. The fraction of sp³-hybridized carbons (Fsp3) is 0.500. The average Bonchev–Trinajstić information content (AvgIpc) is 2.23. The van der Waals surface area contributed by atoms with Gasteiger partial charge in [0.1, 0.15) is 11.6 Å². The van der Waals surface area contributed by atoms with Crippen molar-refractivity contribution >= 4 is 11.9 Å². The Labute approximate surface area is 93.9 Å². The molecule has 0 atom stereocenters. The van der Waals surface area contributed by atoms with E-state index in [9.17, 15) is 9.59 Å². The maximum atomic E-state index is 11.3. The fourth-order valence-corrected chi connectivity index (χ4v) is 0.845. The minimum absolute atomic E-state index is 0.0148. The van der Waals surface area contributed by atoms with Gasteiger partial charge in [-0.3, -0.25) is 9.59 Å². The van der Waals surface area contributed by atoms with Crippen LogP contribution in [0, 0.1) is 11.3 Å². The van der Waals surface area contributed by atoms with Gasteiger partial charge in [0.05, 0.1) is 6.42 Å². The second-order valence-electron chi connectivity index (χ2n) is 3.02. The van der Waals surface area contributed by atoms with E-state index in [-0.39, 0.29) is 18.5 Å². The third-order valence-electron chi connectivity index (χ3n) is 1.63. The van der Waals surface area contributed by atoms with E-state index in [1.165, 1.54) is 6.20 Å². The molecule has 0 bridgehead atoms. The van der Waals surface area contributed by atoms with Gasteiger partial charge >= 0.3 is 5.97 Å². The third-order valence-corrected chi connectivity index (χ3v) is 1.63. The summed E-state index contributed by atoms with van der Waals surface area (Å²) in [6.07, 6.45) is 2.06. The molecule has 0 saturated carbocycles. The van der Waals surface area contributed by atoms with Gasteiger partial charge in [-0.25, -0.2) is 0 Å². The Bertz CT molecular complexity index is 318. The lowest BCUT2D eigenvalue weighted by molar-refractivity contribution is -0.136. The van der Waals surface area contributed by atoms with Crippen LogP contribution < -0.4 is 10.6 Å². The maximum absolute atomic E-state index is 11.3. The Morgan fingerprint density at radius 3 is 2.62 bits per heavy atom. The first-order valence-corrected chi connectivity index (χ1v) is 4.95. The number of nitrogens with zero attached hydrogens (tertiary/aromatic N) is 1. The minimum atomic E-state index is -0.994. The number of carbonyl (C=O) groups excluding carboxylic acids is 1. The van der Waals surface area contributed by atoms with Gasteiger partial charge in [-0.15, -0.1) is 0 Å². The molecular weight excluding hydrogens is 210 g/mol. The molecule has 0 rings (SSSR count). The van der Waals surface area contributed by atoms with E-state index in [1.807, 2.05) is 6.92 Å². The van der Waals surface area contributed by atoms with Crippen molar-refractivity contribution in [2.75, 3.05) is 13.1 Å². The van der Waals surface area contributed by atoms with Crippen molar-refractivity contribution in [3.8, 4) is 6.07 Å². The molecule has 3 N–H and O–H groups in total. The number of hydrogen-bond acceptors (Lipinski definition) is 4. The molecular formula is C10H15N3O3. The summed E-state index contributed by atoms with van der Waals surface area (Å²) >= 11 is 0. The van der Waals surface area contributed by atoms with Crippen molar-refractivity contribution in [2.24, 2.45) is 0 Å². The van der Waals surface area contributed by atoms with E-state index >= 15 is 0 Å². The fourth-order valence-electron chi connectivity index (χ4n) is 0.845. The predicted octanol–water partition coefficient (Wildman–Crippen LogP) is -0.0156. The largest absolute Gasteiger partial charge is 0.481 e. The van der Waals surface area contributed by atoms with Crippen molar-refractivity contribution in [1.29, 1.82) is 5.26 Å². The third kappa shape index (κ3) is 6.43. The van der Waals surface area contributed by atoms with Crippen molar-refractivity contribution in [3.63, 3.8) is 0 Å². The highest BCUT2D eigenvalue weighted by Crippen LogP contribution is 1.90. The van der Waals surface area contributed by atoms with Crippen LogP contribution in [-0.2, 0) is 9.59 Å². The molecule has 1 amide bonds.